The summed E-state index contributed by atoms with van der Waals surface area (Å²) in [4.78, 5) is 27.3. The van der Waals surface area contributed by atoms with Crippen molar-refractivity contribution in [3.63, 3.8) is 0 Å². The van der Waals surface area contributed by atoms with Gasteiger partial charge in [-0.05, 0) is 29.1 Å². The number of thiophene rings is 1. The minimum absolute atomic E-state index is 0.000985. The number of nitrogens with one attached hydrogen (secondary N) is 2. The van der Waals surface area contributed by atoms with E-state index in [4.69, 9.17) is 9.47 Å². The Bertz CT molecular complexity index is 1250. The summed E-state index contributed by atoms with van der Waals surface area (Å²) >= 11 is 0.984. The fourth-order valence-corrected chi connectivity index (χ4v) is 5.19. The zero-order valence-corrected chi connectivity index (χ0v) is 19.2. The number of likely N-dealkylation sites (N-methyl/N-ethyl adjacent to an activating group) is 1. The van der Waals surface area contributed by atoms with Crippen LogP contribution in [0.2, 0.25) is 0 Å². The number of sulfonamides is 1. The molecule has 33 heavy (non-hydrogen) atoms. The predicted molar refractivity (Wildman–Crippen MR) is 123 cm³/mol. The van der Waals surface area contributed by atoms with E-state index in [0.29, 0.717) is 17.2 Å². The van der Waals surface area contributed by atoms with Gasteiger partial charge in [-0.3, -0.25) is 4.79 Å². The van der Waals surface area contributed by atoms with E-state index in [2.05, 4.69) is 5.32 Å². The minimum Gasteiger partial charge on any atom is -0.454 e. The monoisotopic (exact) mass is 487 g/mol. The summed E-state index contributed by atoms with van der Waals surface area (Å²) in [6.45, 7) is 0.105. The van der Waals surface area contributed by atoms with Crippen LogP contribution in [-0.2, 0) is 21.2 Å². The van der Waals surface area contributed by atoms with Crippen LogP contribution in [0.4, 0.5) is 10.5 Å². The van der Waals surface area contributed by atoms with Gasteiger partial charge < -0.3 is 19.7 Å². The van der Waals surface area contributed by atoms with Gasteiger partial charge in [0.2, 0.25) is 12.7 Å². The third kappa shape index (κ3) is 5.26. The standard InChI is InChI=1S/C22H21N3O6S2/c1-25(16-9-10-18-19(13-16)31-14-30-18)21(26)17(12-15-6-3-2-4-7-15)23-22(27)24-33(28,29)20-8-5-11-32-20/h2-11,13,17H,12,14H2,1H3,(H2,23,24,27)/t17-/m0/s1. The summed E-state index contributed by atoms with van der Waals surface area (Å²) in [5.74, 6) is 0.664. The number of anilines is 1. The number of fused-ring (bicyclic) bond motifs is 1. The Balaban J connectivity index is 1.53. The molecule has 4 rings (SSSR count). The molecule has 0 saturated carbocycles. The Labute approximate surface area is 195 Å². The largest absolute Gasteiger partial charge is 0.454 e. The topological polar surface area (TPSA) is 114 Å². The SMILES string of the molecule is CN(C(=O)[C@H](Cc1ccccc1)NC(=O)NS(=O)(=O)c1cccs1)c1ccc2c(c1)OCO2. The van der Waals surface area contributed by atoms with Crippen LogP contribution in [-0.4, -0.2) is 40.2 Å². The predicted octanol–water partition coefficient (Wildman–Crippen LogP) is 2.74. The molecule has 172 valence electrons. The lowest BCUT2D eigenvalue weighted by molar-refractivity contribution is -0.120. The number of rotatable bonds is 7. The molecule has 1 aliphatic rings. The van der Waals surface area contributed by atoms with Gasteiger partial charge in [0.25, 0.3) is 10.0 Å². The maximum atomic E-state index is 13.3. The summed E-state index contributed by atoms with van der Waals surface area (Å²) in [5, 5.41) is 4.11. The van der Waals surface area contributed by atoms with E-state index in [-0.39, 0.29) is 17.4 Å². The Morgan fingerprint density at radius 2 is 1.82 bits per heavy atom. The first-order valence-electron chi connectivity index (χ1n) is 9.91. The molecular weight excluding hydrogens is 466 g/mol. The van der Waals surface area contributed by atoms with Crippen molar-refractivity contribution in [2.45, 2.75) is 16.7 Å². The number of urea groups is 1. The average Bonchev–Trinajstić information content (AvgIpc) is 3.50. The van der Waals surface area contributed by atoms with E-state index in [1.807, 2.05) is 35.1 Å². The van der Waals surface area contributed by atoms with Crippen LogP contribution in [0.3, 0.4) is 0 Å². The molecule has 2 aromatic carbocycles. The zero-order chi connectivity index (χ0) is 23.4. The second-order valence-electron chi connectivity index (χ2n) is 7.19. The van der Waals surface area contributed by atoms with Crippen LogP contribution < -0.4 is 24.4 Å². The Morgan fingerprint density at radius 1 is 1.06 bits per heavy atom. The molecule has 3 amide bonds. The number of benzene rings is 2. The molecule has 1 aromatic heterocycles. The molecule has 3 aromatic rings. The number of carbonyl (C=O) groups is 2. The van der Waals surface area contributed by atoms with Crippen molar-refractivity contribution in [1.82, 2.24) is 10.0 Å². The maximum Gasteiger partial charge on any atom is 0.329 e. The van der Waals surface area contributed by atoms with E-state index in [1.165, 1.54) is 11.0 Å². The molecule has 2 heterocycles. The van der Waals surface area contributed by atoms with Gasteiger partial charge in [-0.2, -0.15) is 0 Å². The molecule has 0 unspecified atom stereocenters. The van der Waals surface area contributed by atoms with Crippen LogP contribution in [0.15, 0.2) is 70.3 Å². The first kappa shape index (κ1) is 22.6. The number of carbonyl (C=O) groups excluding carboxylic acids is 2. The Hall–Kier alpha value is -3.57. The van der Waals surface area contributed by atoms with Gasteiger partial charge in [0.05, 0.1) is 0 Å². The Morgan fingerprint density at radius 3 is 2.55 bits per heavy atom. The lowest BCUT2D eigenvalue weighted by atomic mass is 10.0. The molecule has 0 spiro atoms. The lowest BCUT2D eigenvalue weighted by Crippen LogP contribution is -2.52. The first-order valence-corrected chi connectivity index (χ1v) is 12.3. The third-order valence-corrected chi connectivity index (χ3v) is 7.68. The molecule has 0 radical (unpaired) electrons. The highest BCUT2D eigenvalue weighted by atomic mass is 32.2. The second-order valence-corrected chi connectivity index (χ2v) is 10.0. The number of amides is 3. The van der Waals surface area contributed by atoms with Crippen molar-refractivity contribution in [1.29, 1.82) is 0 Å². The first-order chi connectivity index (χ1) is 15.8. The molecular formula is C22H21N3O6S2. The highest BCUT2D eigenvalue weighted by Gasteiger charge is 2.28. The van der Waals surface area contributed by atoms with Gasteiger partial charge in [-0.1, -0.05) is 36.4 Å². The molecule has 9 nitrogen and oxygen atoms in total. The summed E-state index contributed by atoms with van der Waals surface area (Å²) in [6, 6.07) is 15.1. The van der Waals surface area contributed by atoms with Crippen LogP contribution in [0.1, 0.15) is 5.56 Å². The highest BCUT2D eigenvalue weighted by Crippen LogP contribution is 2.35. The van der Waals surface area contributed by atoms with Crippen LogP contribution in [0.25, 0.3) is 0 Å². The van der Waals surface area contributed by atoms with Crippen LogP contribution in [0, 0.1) is 0 Å². The molecule has 2 N–H and O–H groups in total. The Kier molecular flexibility index (Phi) is 6.52. The maximum absolute atomic E-state index is 13.3. The van der Waals surface area contributed by atoms with Crippen molar-refractivity contribution in [2.24, 2.45) is 0 Å². The number of hydrogen-bond donors (Lipinski definition) is 2. The normalized spacial score (nSPS) is 13.2. The summed E-state index contributed by atoms with van der Waals surface area (Å²) < 4.78 is 37.4. The van der Waals surface area contributed by atoms with Crippen molar-refractivity contribution < 1.29 is 27.5 Å². The fourth-order valence-electron chi connectivity index (χ4n) is 3.28. The van der Waals surface area contributed by atoms with Crippen molar-refractivity contribution in [2.75, 3.05) is 18.7 Å². The van der Waals surface area contributed by atoms with Gasteiger partial charge in [0, 0.05) is 25.2 Å². The molecule has 11 heteroatoms. The van der Waals surface area contributed by atoms with Gasteiger partial charge >= 0.3 is 6.03 Å². The fraction of sp³-hybridized carbons (Fsp3) is 0.182. The van der Waals surface area contributed by atoms with E-state index < -0.39 is 28.0 Å². The molecule has 0 saturated heterocycles. The van der Waals surface area contributed by atoms with Gasteiger partial charge in [-0.25, -0.2) is 17.9 Å². The third-order valence-electron chi connectivity index (χ3n) is 4.95. The van der Waals surface area contributed by atoms with Gasteiger partial charge in [0.1, 0.15) is 10.3 Å². The van der Waals surface area contributed by atoms with Gasteiger partial charge in [-0.15, -0.1) is 11.3 Å². The number of ether oxygens (including phenoxy) is 2. The van der Waals surface area contributed by atoms with Crippen LogP contribution >= 0.6 is 11.3 Å². The second kappa shape index (κ2) is 9.51. The van der Waals surface area contributed by atoms with E-state index >= 15 is 0 Å². The number of nitrogens with zero attached hydrogens (tertiary/aromatic N) is 1. The molecule has 0 bridgehead atoms. The minimum atomic E-state index is -4.04. The van der Waals surface area contributed by atoms with E-state index in [1.54, 1.807) is 36.7 Å². The summed E-state index contributed by atoms with van der Waals surface area (Å²) in [7, 11) is -2.47. The summed E-state index contributed by atoms with van der Waals surface area (Å²) in [6.07, 6.45) is 0.168. The number of hydrogen-bond acceptors (Lipinski definition) is 7. The smallest absolute Gasteiger partial charge is 0.329 e. The highest BCUT2D eigenvalue weighted by molar-refractivity contribution is 7.92. The van der Waals surface area contributed by atoms with E-state index in [9.17, 15) is 18.0 Å². The molecule has 0 aliphatic carbocycles. The van der Waals surface area contributed by atoms with Gasteiger partial charge in [0.15, 0.2) is 11.5 Å². The molecule has 1 aliphatic heterocycles. The molecule has 0 fully saturated rings. The van der Waals surface area contributed by atoms with Crippen molar-refractivity contribution >= 4 is 39.0 Å². The lowest BCUT2D eigenvalue weighted by Gasteiger charge is -2.25. The van der Waals surface area contributed by atoms with Crippen LogP contribution in [0.5, 0.6) is 11.5 Å². The molecule has 1 atom stereocenters. The average molecular weight is 488 g/mol. The summed E-state index contributed by atoms with van der Waals surface area (Å²) in [5.41, 5.74) is 1.34. The van der Waals surface area contributed by atoms with Crippen molar-refractivity contribution in [3.05, 3.63) is 71.6 Å². The zero-order valence-electron chi connectivity index (χ0n) is 17.6. The van der Waals surface area contributed by atoms with E-state index in [0.717, 1.165) is 16.9 Å². The van der Waals surface area contributed by atoms with Crippen molar-refractivity contribution in [3.8, 4) is 11.5 Å². The quantitative estimate of drug-likeness (QED) is 0.530.